The number of benzene rings is 1. The first kappa shape index (κ1) is 13.9. The van der Waals surface area contributed by atoms with E-state index < -0.39 is 6.09 Å². The summed E-state index contributed by atoms with van der Waals surface area (Å²) in [5.74, 6) is 0. The quantitative estimate of drug-likeness (QED) is 0.437. The van der Waals surface area contributed by atoms with Gasteiger partial charge in [0, 0.05) is 5.69 Å². The summed E-state index contributed by atoms with van der Waals surface area (Å²) in [6, 6.07) is 7.11. The number of nitrogens with one attached hydrogen (secondary N) is 2. The van der Waals surface area contributed by atoms with Gasteiger partial charge in [0.05, 0.1) is 12.8 Å². The SMILES string of the molecule is COC(=O)Nc1ccc(/C(C)=N/NC(N)=S)cc1. The van der Waals surface area contributed by atoms with E-state index in [4.69, 9.17) is 5.73 Å². The van der Waals surface area contributed by atoms with E-state index in [9.17, 15) is 4.79 Å². The van der Waals surface area contributed by atoms with Gasteiger partial charge in [-0.25, -0.2) is 4.79 Å². The minimum Gasteiger partial charge on any atom is -0.453 e. The summed E-state index contributed by atoms with van der Waals surface area (Å²) in [5.41, 5.74) is 10.0. The van der Waals surface area contributed by atoms with Gasteiger partial charge in [0.1, 0.15) is 0 Å². The van der Waals surface area contributed by atoms with Gasteiger partial charge in [-0.3, -0.25) is 10.7 Å². The van der Waals surface area contributed by atoms with Gasteiger partial charge < -0.3 is 10.5 Å². The topological polar surface area (TPSA) is 88.7 Å². The molecule has 4 N–H and O–H groups in total. The third kappa shape index (κ3) is 4.38. The smallest absolute Gasteiger partial charge is 0.411 e. The Morgan fingerprint density at radius 3 is 2.50 bits per heavy atom. The van der Waals surface area contributed by atoms with Crippen LogP contribution in [0.1, 0.15) is 12.5 Å². The summed E-state index contributed by atoms with van der Waals surface area (Å²) in [7, 11) is 1.31. The number of carbonyl (C=O) groups is 1. The number of amides is 1. The second-order valence-electron chi connectivity index (χ2n) is 3.37. The predicted molar refractivity (Wildman–Crippen MR) is 74.6 cm³/mol. The highest BCUT2D eigenvalue weighted by Crippen LogP contribution is 2.10. The molecule has 0 aliphatic carbocycles. The molecule has 6 nitrogen and oxygen atoms in total. The summed E-state index contributed by atoms with van der Waals surface area (Å²) < 4.78 is 4.48. The van der Waals surface area contributed by atoms with Gasteiger partial charge in [0.15, 0.2) is 5.11 Å². The van der Waals surface area contributed by atoms with E-state index in [1.807, 2.05) is 19.1 Å². The van der Waals surface area contributed by atoms with Gasteiger partial charge in [0.25, 0.3) is 0 Å². The molecule has 0 saturated carbocycles. The average molecular weight is 266 g/mol. The van der Waals surface area contributed by atoms with Crippen molar-refractivity contribution in [2.24, 2.45) is 10.8 Å². The monoisotopic (exact) mass is 266 g/mol. The van der Waals surface area contributed by atoms with Crippen molar-refractivity contribution in [3.63, 3.8) is 0 Å². The van der Waals surface area contributed by atoms with Crippen molar-refractivity contribution in [3.05, 3.63) is 29.8 Å². The molecule has 1 rings (SSSR count). The average Bonchev–Trinajstić information content (AvgIpc) is 2.36. The molecule has 1 amide bonds. The lowest BCUT2D eigenvalue weighted by molar-refractivity contribution is 0.187. The Hall–Kier alpha value is -2.15. The van der Waals surface area contributed by atoms with E-state index in [2.05, 4.69) is 32.8 Å². The molecule has 0 spiro atoms. The second-order valence-corrected chi connectivity index (χ2v) is 3.81. The highest BCUT2D eigenvalue weighted by molar-refractivity contribution is 7.80. The molecular weight excluding hydrogens is 252 g/mol. The molecule has 0 unspecified atom stereocenters. The molecule has 18 heavy (non-hydrogen) atoms. The number of nitrogens with zero attached hydrogens (tertiary/aromatic N) is 1. The van der Waals surface area contributed by atoms with E-state index in [1.54, 1.807) is 12.1 Å². The van der Waals surface area contributed by atoms with Gasteiger partial charge in [0.2, 0.25) is 0 Å². The molecule has 0 heterocycles. The van der Waals surface area contributed by atoms with Gasteiger partial charge in [-0.05, 0) is 36.8 Å². The van der Waals surface area contributed by atoms with Crippen molar-refractivity contribution in [3.8, 4) is 0 Å². The van der Waals surface area contributed by atoms with Crippen LogP contribution in [-0.4, -0.2) is 24.0 Å². The van der Waals surface area contributed by atoms with Gasteiger partial charge in [-0.1, -0.05) is 12.1 Å². The summed E-state index contributed by atoms with van der Waals surface area (Å²) in [6.45, 7) is 1.81. The van der Waals surface area contributed by atoms with Crippen molar-refractivity contribution in [2.75, 3.05) is 12.4 Å². The summed E-state index contributed by atoms with van der Waals surface area (Å²) >= 11 is 4.64. The zero-order valence-corrected chi connectivity index (χ0v) is 10.9. The molecule has 0 aliphatic heterocycles. The van der Waals surface area contributed by atoms with Crippen LogP contribution in [-0.2, 0) is 4.74 Å². The fourth-order valence-corrected chi connectivity index (χ4v) is 1.21. The first-order chi connectivity index (χ1) is 8.52. The van der Waals surface area contributed by atoms with Crippen LogP contribution in [0.3, 0.4) is 0 Å². The van der Waals surface area contributed by atoms with E-state index in [1.165, 1.54) is 7.11 Å². The lowest BCUT2D eigenvalue weighted by Gasteiger charge is -2.05. The number of carbonyl (C=O) groups excluding carboxylic acids is 1. The molecule has 0 aliphatic rings. The molecule has 1 aromatic carbocycles. The Balaban J connectivity index is 2.73. The maximum Gasteiger partial charge on any atom is 0.411 e. The molecule has 0 bridgehead atoms. The Morgan fingerprint density at radius 2 is 2.00 bits per heavy atom. The van der Waals surface area contributed by atoms with Crippen LogP contribution in [0.15, 0.2) is 29.4 Å². The van der Waals surface area contributed by atoms with Crippen molar-refractivity contribution < 1.29 is 9.53 Å². The third-order valence-electron chi connectivity index (χ3n) is 2.07. The highest BCUT2D eigenvalue weighted by Gasteiger charge is 2.01. The zero-order valence-electron chi connectivity index (χ0n) is 10.1. The predicted octanol–water partition coefficient (Wildman–Crippen LogP) is 1.42. The van der Waals surface area contributed by atoms with Crippen LogP contribution in [0.5, 0.6) is 0 Å². The fourth-order valence-electron chi connectivity index (χ4n) is 1.17. The van der Waals surface area contributed by atoms with Crippen LogP contribution in [0.25, 0.3) is 0 Å². The largest absolute Gasteiger partial charge is 0.453 e. The molecule has 0 aromatic heterocycles. The molecule has 0 fully saturated rings. The van der Waals surface area contributed by atoms with Crippen molar-refractivity contribution in [2.45, 2.75) is 6.92 Å². The van der Waals surface area contributed by atoms with Crippen LogP contribution in [0, 0.1) is 0 Å². The maximum absolute atomic E-state index is 11.0. The molecule has 7 heteroatoms. The number of hydrogen-bond donors (Lipinski definition) is 3. The molecule has 0 radical (unpaired) electrons. The van der Waals surface area contributed by atoms with E-state index in [0.29, 0.717) is 5.69 Å². The number of ether oxygens (including phenoxy) is 1. The Bertz CT molecular complexity index is 470. The summed E-state index contributed by atoms with van der Waals surface area (Å²) in [5, 5.41) is 6.65. The minimum atomic E-state index is -0.511. The number of hydrogen-bond acceptors (Lipinski definition) is 4. The van der Waals surface area contributed by atoms with Crippen LogP contribution in [0.4, 0.5) is 10.5 Å². The van der Waals surface area contributed by atoms with Crippen molar-refractivity contribution in [1.29, 1.82) is 0 Å². The normalized spacial score (nSPS) is 10.7. The number of rotatable bonds is 3. The molecule has 1 aromatic rings. The second kappa shape index (κ2) is 6.55. The van der Waals surface area contributed by atoms with Crippen LogP contribution < -0.4 is 16.5 Å². The standard InChI is InChI=1S/C11H14N4O2S/c1-7(14-15-10(12)18)8-3-5-9(6-4-8)13-11(16)17-2/h3-6H,1-2H3,(H,13,16)(H3,12,15,18)/b14-7+. The fraction of sp³-hybridized carbons (Fsp3) is 0.182. The first-order valence-electron chi connectivity index (χ1n) is 5.08. The molecule has 0 saturated heterocycles. The highest BCUT2D eigenvalue weighted by atomic mass is 32.1. The van der Waals surface area contributed by atoms with E-state index in [0.717, 1.165) is 11.3 Å². The summed E-state index contributed by atoms with van der Waals surface area (Å²) in [4.78, 5) is 11.0. The number of hydrazone groups is 1. The molecule has 96 valence electrons. The van der Waals surface area contributed by atoms with Crippen LogP contribution >= 0.6 is 12.2 Å². The Kier molecular flexibility index (Phi) is 5.06. The lowest BCUT2D eigenvalue weighted by Crippen LogP contribution is -2.25. The van der Waals surface area contributed by atoms with Gasteiger partial charge in [-0.2, -0.15) is 5.10 Å². The number of nitrogens with two attached hydrogens (primary N) is 1. The summed E-state index contributed by atoms with van der Waals surface area (Å²) in [6.07, 6.45) is -0.511. The van der Waals surface area contributed by atoms with Gasteiger partial charge in [-0.15, -0.1) is 0 Å². The van der Waals surface area contributed by atoms with Crippen molar-refractivity contribution in [1.82, 2.24) is 5.43 Å². The lowest BCUT2D eigenvalue weighted by atomic mass is 10.1. The Morgan fingerprint density at radius 1 is 1.39 bits per heavy atom. The first-order valence-corrected chi connectivity index (χ1v) is 5.49. The number of methoxy groups -OCH3 is 1. The van der Waals surface area contributed by atoms with Crippen molar-refractivity contribution >= 4 is 34.8 Å². The number of thiocarbonyl (C=S) groups is 1. The Labute approximate surface area is 110 Å². The minimum absolute atomic E-state index is 0.110. The zero-order chi connectivity index (χ0) is 13.5. The van der Waals surface area contributed by atoms with Crippen LogP contribution in [0.2, 0.25) is 0 Å². The molecular formula is C11H14N4O2S. The van der Waals surface area contributed by atoms with E-state index in [-0.39, 0.29) is 5.11 Å². The maximum atomic E-state index is 11.0. The molecule has 0 atom stereocenters. The van der Waals surface area contributed by atoms with E-state index >= 15 is 0 Å². The third-order valence-corrected chi connectivity index (χ3v) is 2.16. The van der Waals surface area contributed by atoms with Gasteiger partial charge >= 0.3 is 6.09 Å². The number of anilines is 1.